The molecule has 0 spiro atoms. The predicted molar refractivity (Wildman–Crippen MR) is 225 cm³/mol. The van der Waals surface area contributed by atoms with Crippen LogP contribution < -0.4 is 5.32 Å². The Labute approximate surface area is 323 Å². The zero-order valence-electron chi connectivity index (χ0n) is 32.6. The maximum atomic E-state index is 5.71. The predicted octanol–water partition coefficient (Wildman–Crippen LogP) is 12.9. The number of benzene rings is 1. The molecule has 1 heterocycles. The van der Waals surface area contributed by atoms with E-state index < -0.39 is 0 Å². The topological polar surface area (TPSA) is 24.4 Å². The van der Waals surface area contributed by atoms with Crippen LogP contribution in [0.25, 0.3) is 0 Å². The molecule has 1 N–H and O–H groups in total. The summed E-state index contributed by atoms with van der Waals surface area (Å²) in [7, 11) is 0. The lowest BCUT2D eigenvalue weighted by atomic mass is 9.69. The van der Waals surface area contributed by atoms with Crippen LogP contribution in [0.15, 0.2) is 188 Å². The van der Waals surface area contributed by atoms with Crippen LogP contribution in [0.4, 0.5) is 0 Å². The Bertz CT molecular complexity index is 2270. The minimum atomic E-state index is -0.0203. The van der Waals surface area contributed by atoms with Gasteiger partial charge in [-0.05, 0) is 130 Å². The summed E-state index contributed by atoms with van der Waals surface area (Å²) in [5.41, 5.74) is 20.2. The van der Waals surface area contributed by atoms with Crippen molar-refractivity contribution in [1.29, 1.82) is 0 Å². The fourth-order valence-electron chi connectivity index (χ4n) is 11.3. The van der Waals surface area contributed by atoms with Crippen LogP contribution in [0.5, 0.6) is 0 Å². The van der Waals surface area contributed by atoms with Gasteiger partial charge >= 0.3 is 0 Å². The van der Waals surface area contributed by atoms with Crippen LogP contribution in [-0.2, 0) is 0 Å². The highest BCUT2D eigenvalue weighted by Gasteiger charge is 2.52. The summed E-state index contributed by atoms with van der Waals surface area (Å²) >= 11 is 0. The van der Waals surface area contributed by atoms with Gasteiger partial charge in [0.25, 0.3) is 0 Å². The summed E-state index contributed by atoms with van der Waals surface area (Å²) < 4.78 is 0. The van der Waals surface area contributed by atoms with E-state index in [2.05, 4.69) is 148 Å². The van der Waals surface area contributed by atoms with E-state index in [4.69, 9.17) is 4.99 Å². The molecular formula is C52H54N2. The summed E-state index contributed by atoms with van der Waals surface area (Å²) in [4.78, 5) is 5.71. The highest BCUT2D eigenvalue weighted by atomic mass is 15.0. The molecule has 0 saturated heterocycles. The first-order valence-corrected chi connectivity index (χ1v) is 20.9. The molecule has 1 saturated carbocycles. The highest BCUT2D eigenvalue weighted by Crippen LogP contribution is 2.64. The maximum absolute atomic E-state index is 5.71. The van der Waals surface area contributed by atoms with E-state index in [1.165, 1.54) is 57.8 Å². The molecule has 1 aromatic rings. The summed E-state index contributed by atoms with van der Waals surface area (Å²) in [6.45, 7) is 10.00. The van der Waals surface area contributed by atoms with Crippen molar-refractivity contribution in [1.82, 2.24) is 5.32 Å². The third-order valence-electron chi connectivity index (χ3n) is 14.0. The van der Waals surface area contributed by atoms with Gasteiger partial charge in [0.05, 0.1) is 23.1 Å². The lowest BCUT2D eigenvalue weighted by Crippen LogP contribution is -2.35. The van der Waals surface area contributed by atoms with E-state index in [0.717, 1.165) is 44.9 Å². The minimum Gasteiger partial charge on any atom is -0.371 e. The van der Waals surface area contributed by atoms with Gasteiger partial charge in [-0.2, -0.15) is 0 Å². The second-order valence-corrected chi connectivity index (χ2v) is 17.8. The first-order chi connectivity index (χ1) is 26.3. The molecule has 1 fully saturated rings. The van der Waals surface area contributed by atoms with Crippen molar-refractivity contribution in [2.24, 2.45) is 33.6 Å². The molecule has 4 atom stereocenters. The van der Waals surface area contributed by atoms with Crippen LogP contribution in [0.3, 0.4) is 0 Å². The Kier molecular flexibility index (Phi) is 8.13. The zero-order valence-corrected chi connectivity index (χ0v) is 32.6. The molecule has 54 heavy (non-hydrogen) atoms. The van der Waals surface area contributed by atoms with Crippen molar-refractivity contribution in [3.05, 3.63) is 188 Å². The molecule has 10 rings (SSSR count). The molecule has 8 aliphatic carbocycles. The standard InChI is InChI=1S/C52H54N2/c1-51(2)43-26-15-14-23-39(43)41-31-45-42(32-44(41)51)40-25-16-24-38(46(40)52(45,3)4)33-27-29-37(30-28-33)50-49(36-21-12-7-13-22-36)53-47(34-17-8-5-9-18-34)48(54-50)35-19-10-6-11-20-35/h5-10,12,17-19,21,23-24,26-29,31-32,37,41,44,47,53H,11,13-16,20,22,25,30H2,1-4H3. The van der Waals surface area contributed by atoms with E-state index >= 15 is 0 Å². The van der Waals surface area contributed by atoms with Crippen molar-refractivity contribution in [3.63, 3.8) is 0 Å². The number of hydrogen-bond donors (Lipinski definition) is 1. The smallest absolute Gasteiger partial charge is 0.0943 e. The minimum absolute atomic E-state index is 0.0203. The van der Waals surface area contributed by atoms with E-state index in [1.807, 2.05) is 0 Å². The Balaban J connectivity index is 1.00. The summed E-state index contributed by atoms with van der Waals surface area (Å²) in [5, 5.41) is 4.11. The second-order valence-electron chi connectivity index (χ2n) is 17.8. The molecule has 0 radical (unpaired) electrons. The summed E-state index contributed by atoms with van der Waals surface area (Å²) in [5.74, 6) is 1.25. The number of nitrogens with one attached hydrogen (secondary N) is 1. The molecule has 2 nitrogen and oxygen atoms in total. The van der Waals surface area contributed by atoms with Crippen molar-refractivity contribution >= 4 is 5.71 Å². The number of rotatable bonds is 5. The molecule has 4 unspecified atom stereocenters. The normalized spacial score (nSPS) is 30.3. The summed E-state index contributed by atoms with van der Waals surface area (Å²) in [6.07, 6.45) is 44.0. The van der Waals surface area contributed by atoms with Gasteiger partial charge in [0, 0.05) is 17.3 Å². The van der Waals surface area contributed by atoms with E-state index in [1.54, 1.807) is 33.4 Å². The van der Waals surface area contributed by atoms with E-state index in [0.29, 0.717) is 11.8 Å². The quantitative estimate of drug-likeness (QED) is 0.324. The van der Waals surface area contributed by atoms with Gasteiger partial charge in [-0.25, -0.2) is 0 Å². The average Bonchev–Trinajstić information content (AvgIpc) is 3.60. The first kappa shape index (κ1) is 33.8. The van der Waals surface area contributed by atoms with Gasteiger partial charge < -0.3 is 5.32 Å². The van der Waals surface area contributed by atoms with Gasteiger partial charge in [0.2, 0.25) is 0 Å². The largest absolute Gasteiger partial charge is 0.371 e. The number of nitrogens with zero attached hydrogens (tertiary/aromatic N) is 1. The van der Waals surface area contributed by atoms with Gasteiger partial charge in [0.15, 0.2) is 0 Å². The molecular weight excluding hydrogens is 653 g/mol. The third kappa shape index (κ3) is 5.30. The number of aliphatic imine (C=N–C) groups is 1. The van der Waals surface area contributed by atoms with Crippen LogP contribution in [-0.4, -0.2) is 5.71 Å². The monoisotopic (exact) mass is 706 g/mol. The Hall–Kier alpha value is -4.69. The lowest BCUT2D eigenvalue weighted by Gasteiger charge is -2.35. The zero-order chi connectivity index (χ0) is 36.6. The molecule has 0 amide bonds. The van der Waals surface area contributed by atoms with Crippen LogP contribution in [0.2, 0.25) is 0 Å². The summed E-state index contributed by atoms with van der Waals surface area (Å²) in [6, 6.07) is 11.0. The van der Waals surface area contributed by atoms with E-state index in [9.17, 15) is 0 Å². The number of fused-ring (bicyclic) bond motifs is 5. The van der Waals surface area contributed by atoms with Crippen LogP contribution in [0.1, 0.15) is 97.1 Å². The lowest BCUT2D eigenvalue weighted by molar-refractivity contribution is 0.328. The van der Waals surface area contributed by atoms with Crippen LogP contribution >= 0.6 is 0 Å². The van der Waals surface area contributed by atoms with Gasteiger partial charge in [-0.15, -0.1) is 0 Å². The van der Waals surface area contributed by atoms with Gasteiger partial charge in [-0.3, -0.25) is 4.99 Å². The second kappa shape index (κ2) is 13.0. The highest BCUT2D eigenvalue weighted by molar-refractivity contribution is 6.06. The SMILES string of the molecule is CC1(C)C2=CC3C4=CCCC=C4C(C)(C)C3C=C2C2=C1C(C1=CCC(C3=C(C4=CC=CCC4)NC(c4ccccc4)C(C4=CC=CCC4)=N3)C=C1)=CCC2. The molecule has 2 heteroatoms. The molecule has 1 aromatic carbocycles. The van der Waals surface area contributed by atoms with Crippen molar-refractivity contribution in [2.45, 2.75) is 91.5 Å². The third-order valence-corrected chi connectivity index (χ3v) is 14.0. The Morgan fingerprint density at radius 1 is 0.741 bits per heavy atom. The molecule has 1 aliphatic heterocycles. The number of allylic oxidation sites excluding steroid dienone is 23. The Morgan fingerprint density at radius 2 is 1.52 bits per heavy atom. The fraction of sp³-hybridized carbons (Fsp3) is 0.365. The van der Waals surface area contributed by atoms with Crippen molar-refractivity contribution in [3.8, 4) is 0 Å². The van der Waals surface area contributed by atoms with Gasteiger partial charge in [-0.1, -0.05) is 143 Å². The molecule has 0 aromatic heterocycles. The number of hydrogen-bond acceptors (Lipinski definition) is 2. The molecule has 0 bridgehead atoms. The fourth-order valence-corrected chi connectivity index (χ4v) is 11.3. The Morgan fingerprint density at radius 3 is 2.26 bits per heavy atom. The van der Waals surface area contributed by atoms with Crippen molar-refractivity contribution < 1.29 is 0 Å². The van der Waals surface area contributed by atoms with Crippen LogP contribution in [0, 0.1) is 28.6 Å². The van der Waals surface area contributed by atoms with E-state index in [-0.39, 0.29) is 22.8 Å². The maximum Gasteiger partial charge on any atom is 0.0943 e. The van der Waals surface area contributed by atoms with Gasteiger partial charge in [0.1, 0.15) is 0 Å². The van der Waals surface area contributed by atoms with Crippen molar-refractivity contribution in [2.75, 3.05) is 0 Å². The first-order valence-electron chi connectivity index (χ1n) is 20.9. The molecule has 272 valence electrons. The molecule has 9 aliphatic rings. The average molecular weight is 707 g/mol.